The molecule has 3 rings (SSSR count). The molecule has 0 bridgehead atoms. The van der Waals surface area contributed by atoms with Crippen LogP contribution >= 0.6 is 11.3 Å². The molecule has 138 valence electrons. The van der Waals surface area contributed by atoms with E-state index in [2.05, 4.69) is 10.6 Å². The number of thiophene rings is 1. The van der Waals surface area contributed by atoms with E-state index >= 15 is 0 Å². The highest BCUT2D eigenvalue weighted by molar-refractivity contribution is 7.10. The van der Waals surface area contributed by atoms with Gasteiger partial charge in [-0.2, -0.15) is 0 Å². The molecular formula is C20H19N3O3S. The van der Waals surface area contributed by atoms with Gasteiger partial charge in [0.05, 0.1) is 17.5 Å². The van der Waals surface area contributed by atoms with E-state index in [1.165, 1.54) is 12.1 Å². The van der Waals surface area contributed by atoms with Crippen LogP contribution in [0.5, 0.6) is 0 Å². The fourth-order valence-corrected chi connectivity index (χ4v) is 3.55. The second-order valence-corrected chi connectivity index (χ2v) is 7.04. The molecular weight excluding hydrogens is 362 g/mol. The van der Waals surface area contributed by atoms with E-state index in [0.29, 0.717) is 0 Å². The number of para-hydroxylation sites is 2. The quantitative estimate of drug-likeness (QED) is 0.472. The number of nitro benzene ring substituents is 1. The summed E-state index contributed by atoms with van der Waals surface area (Å²) in [5.74, 6) is -0.335. The largest absolute Gasteiger partial charge is 0.319 e. The van der Waals surface area contributed by atoms with Crippen molar-refractivity contribution < 1.29 is 9.72 Å². The first kappa shape index (κ1) is 18.8. The summed E-state index contributed by atoms with van der Waals surface area (Å²) < 4.78 is 0. The first-order valence-corrected chi connectivity index (χ1v) is 9.29. The number of nitro groups is 1. The van der Waals surface area contributed by atoms with Gasteiger partial charge in [0.25, 0.3) is 5.69 Å². The fourth-order valence-electron chi connectivity index (χ4n) is 2.72. The Labute approximate surface area is 161 Å². The van der Waals surface area contributed by atoms with Crippen LogP contribution in [0, 0.1) is 17.0 Å². The molecule has 0 fully saturated rings. The number of nitrogens with one attached hydrogen (secondary N) is 2. The van der Waals surface area contributed by atoms with Crippen molar-refractivity contribution in [2.24, 2.45) is 0 Å². The summed E-state index contributed by atoms with van der Waals surface area (Å²) in [4.78, 5) is 24.0. The minimum absolute atomic E-state index is 0.0302. The van der Waals surface area contributed by atoms with E-state index in [0.717, 1.165) is 16.0 Å². The van der Waals surface area contributed by atoms with Crippen molar-refractivity contribution in [2.45, 2.75) is 13.0 Å². The van der Waals surface area contributed by atoms with Crippen molar-refractivity contribution in [3.05, 3.63) is 92.2 Å². The van der Waals surface area contributed by atoms with Crippen LogP contribution in [0.2, 0.25) is 0 Å². The number of amides is 1. The van der Waals surface area contributed by atoms with Crippen molar-refractivity contribution in [3.63, 3.8) is 0 Å². The summed E-state index contributed by atoms with van der Waals surface area (Å²) >= 11 is 1.61. The molecule has 0 saturated carbocycles. The zero-order valence-corrected chi connectivity index (χ0v) is 15.5. The Balaban J connectivity index is 1.71. The number of benzene rings is 2. The molecule has 1 amide bonds. The Morgan fingerprint density at radius 1 is 1.11 bits per heavy atom. The highest BCUT2D eigenvalue weighted by Crippen LogP contribution is 2.26. The number of aryl methyl sites for hydroxylation is 1. The van der Waals surface area contributed by atoms with E-state index in [4.69, 9.17) is 0 Å². The van der Waals surface area contributed by atoms with Crippen molar-refractivity contribution >= 4 is 28.6 Å². The first-order chi connectivity index (χ1) is 13.0. The molecule has 0 radical (unpaired) electrons. The van der Waals surface area contributed by atoms with Gasteiger partial charge in [0, 0.05) is 10.9 Å². The second-order valence-electron chi connectivity index (χ2n) is 6.06. The van der Waals surface area contributed by atoms with Gasteiger partial charge >= 0.3 is 0 Å². The predicted molar refractivity (Wildman–Crippen MR) is 107 cm³/mol. The summed E-state index contributed by atoms with van der Waals surface area (Å²) in [6, 6.07) is 18.1. The van der Waals surface area contributed by atoms with Gasteiger partial charge in [-0.05, 0) is 30.0 Å². The molecule has 0 aliphatic heterocycles. The van der Waals surface area contributed by atoms with Gasteiger partial charge in [-0.1, -0.05) is 48.0 Å². The van der Waals surface area contributed by atoms with Gasteiger partial charge in [0.2, 0.25) is 5.91 Å². The minimum atomic E-state index is -0.510. The standard InChI is InChI=1S/C20H19N3O3S/c1-14-8-10-15(11-9-14)20(18-7-4-12-27-18)21-13-19(24)22-16-5-2-3-6-17(16)23(25)26/h2-12,20-21H,13H2,1H3,(H,22,24)/t20-/m0/s1. The zero-order valence-electron chi connectivity index (χ0n) is 14.7. The lowest BCUT2D eigenvalue weighted by Crippen LogP contribution is -2.31. The fraction of sp³-hybridized carbons (Fsp3) is 0.150. The lowest BCUT2D eigenvalue weighted by Gasteiger charge is -2.18. The van der Waals surface area contributed by atoms with Gasteiger partial charge in [0.1, 0.15) is 5.69 Å². The SMILES string of the molecule is Cc1ccc([C@H](NCC(=O)Nc2ccccc2[N+](=O)[O-])c2cccs2)cc1. The van der Waals surface area contributed by atoms with Crippen molar-refractivity contribution in [1.29, 1.82) is 0 Å². The molecule has 3 aromatic rings. The Bertz CT molecular complexity index is 924. The first-order valence-electron chi connectivity index (χ1n) is 8.41. The van der Waals surface area contributed by atoms with Crippen LogP contribution < -0.4 is 10.6 Å². The maximum Gasteiger partial charge on any atom is 0.292 e. The molecule has 1 atom stereocenters. The van der Waals surface area contributed by atoms with Gasteiger partial charge in [-0.15, -0.1) is 11.3 Å². The van der Waals surface area contributed by atoms with Crippen molar-refractivity contribution in [3.8, 4) is 0 Å². The lowest BCUT2D eigenvalue weighted by molar-refractivity contribution is -0.383. The minimum Gasteiger partial charge on any atom is -0.319 e. The Hall–Kier alpha value is -3.03. The molecule has 0 unspecified atom stereocenters. The summed E-state index contributed by atoms with van der Waals surface area (Å²) in [7, 11) is 0. The molecule has 6 nitrogen and oxygen atoms in total. The molecule has 0 saturated heterocycles. The molecule has 27 heavy (non-hydrogen) atoms. The summed E-state index contributed by atoms with van der Waals surface area (Å²) in [5.41, 5.74) is 2.29. The molecule has 0 aliphatic carbocycles. The molecule has 2 aromatic carbocycles. The molecule has 1 aromatic heterocycles. The van der Waals surface area contributed by atoms with Crippen LogP contribution in [0.1, 0.15) is 22.0 Å². The number of hydrogen-bond donors (Lipinski definition) is 2. The number of hydrogen-bond acceptors (Lipinski definition) is 5. The van der Waals surface area contributed by atoms with Crippen LogP contribution in [0.25, 0.3) is 0 Å². The number of anilines is 1. The summed E-state index contributed by atoms with van der Waals surface area (Å²) in [5, 5.41) is 18.9. The van der Waals surface area contributed by atoms with Crippen LogP contribution in [0.3, 0.4) is 0 Å². The maximum absolute atomic E-state index is 12.4. The Morgan fingerprint density at radius 2 is 1.85 bits per heavy atom. The number of nitrogens with zero attached hydrogens (tertiary/aromatic N) is 1. The number of carbonyl (C=O) groups is 1. The molecule has 0 aliphatic rings. The monoisotopic (exact) mass is 381 g/mol. The van der Waals surface area contributed by atoms with Gasteiger partial charge in [-0.3, -0.25) is 20.2 Å². The average Bonchev–Trinajstić information content (AvgIpc) is 3.18. The number of carbonyl (C=O) groups excluding carboxylic acids is 1. The number of rotatable bonds is 7. The van der Waals surface area contributed by atoms with Crippen molar-refractivity contribution in [2.75, 3.05) is 11.9 Å². The Kier molecular flexibility index (Phi) is 5.95. The highest BCUT2D eigenvalue weighted by Gasteiger charge is 2.18. The zero-order chi connectivity index (χ0) is 19.2. The van der Waals surface area contributed by atoms with E-state index in [1.807, 2.05) is 48.7 Å². The molecule has 2 N–H and O–H groups in total. The van der Waals surface area contributed by atoms with Crippen LogP contribution in [-0.2, 0) is 4.79 Å². The second kappa shape index (κ2) is 8.57. The topological polar surface area (TPSA) is 84.3 Å². The maximum atomic E-state index is 12.4. The molecule has 0 spiro atoms. The van der Waals surface area contributed by atoms with Crippen LogP contribution in [0.4, 0.5) is 11.4 Å². The van der Waals surface area contributed by atoms with E-state index in [-0.39, 0.29) is 29.9 Å². The van der Waals surface area contributed by atoms with Crippen molar-refractivity contribution in [1.82, 2.24) is 5.32 Å². The third kappa shape index (κ3) is 4.78. The van der Waals surface area contributed by atoms with E-state index in [1.54, 1.807) is 23.5 Å². The third-order valence-electron chi connectivity index (χ3n) is 4.08. The highest BCUT2D eigenvalue weighted by atomic mass is 32.1. The van der Waals surface area contributed by atoms with E-state index in [9.17, 15) is 14.9 Å². The summed E-state index contributed by atoms with van der Waals surface area (Å²) in [6.45, 7) is 2.06. The predicted octanol–water partition coefficient (Wildman–Crippen LogP) is 4.28. The normalized spacial score (nSPS) is 11.7. The van der Waals surface area contributed by atoms with Gasteiger partial charge < -0.3 is 5.32 Å². The van der Waals surface area contributed by atoms with Crippen LogP contribution in [0.15, 0.2) is 66.0 Å². The van der Waals surface area contributed by atoms with E-state index < -0.39 is 4.92 Å². The summed E-state index contributed by atoms with van der Waals surface area (Å²) in [6.07, 6.45) is 0. The van der Waals surface area contributed by atoms with Gasteiger partial charge in [0.15, 0.2) is 0 Å². The van der Waals surface area contributed by atoms with Crippen LogP contribution in [-0.4, -0.2) is 17.4 Å². The lowest BCUT2D eigenvalue weighted by atomic mass is 10.0. The van der Waals surface area contributed by atoms with Gasteiger partial charge in [-0.25, -0.2) is 0 Å². The average molecular weight is 381 g/mol. The Morgan fingerprint density at radius 3 is 2.52 bits per heavy atom. The smallest absolute Gasteiger partial charge is 0.292 e. The third-order valence-corrected chi connectivity index (χ3v) is 5.02. The molecule has 1 heterocycles. The molecule has 7 heteroatoms.